The van der Waals surface area contributed by atoms with E-state index in [1.165, 1.54) is 0 Å². The van der Waals surface area contributed by atoms with Crippen molar-refractivity contribution in [1.29, 1.82) is 0 Å². The van der Waals surface area contributed by atoms with Gasteiger partial charge in [-0.05, 0) is 0 Å². The minimum atomic E-state index is -1.92. The van der Waals surface area contributed by atoms with E-state index >= 15 is 0 Å². The Morgan fingerprint density at radius 2 is 1.00 bits per heavy atom. The first-order chi connectivity index (χ1) is 4.52. The van der Waals surface area contributed by atoms with Gasteiger partial charge in [0.25, 0.3) is 0 Å². The topological polar surface area (TPSA) is 110 Å². The molecule has 0 bridgehead atoms. The average Bonchev–Trinajstić information content (AvgIpc) is 1.58. The molecule has 0 fully saturated rings. The van der Waals surface area contributed by atoms with Gasteiger partial charge in [0.1, 0.15) is 0 Å². The van der Waals surface area contributed by atoms with E-state index in [4.69, 9.17) is 10.2 Å². The van der Waals surface area contributed by atoms with E-state index in [2.05, 4.69) is 9.47 Å². The molecule has 0 amide bonds. The number of rotatable bonds is 0. The molecule has 7 nitrogen and oxygen atoms in total. The molecule has 0 aromatic carbocycles. The van der Waals surface area contributed by atoms with Gasteiger partial charge in [-0.15, -0.1) is 0 Å². The van der Waals surface area contributed by atoms with Crippen molar-refractivity contribution in [3.8, 4) is 0 Å². The van der Waals surface area contributed by atoms with E-state index in [0.29, 0.717) is 0 Å². The molecule has 0 unspecified atom stereocenters. The molecule has 2 N–H and O–H groups in total. The molecule has 0 spiro atoms. The van der Waals surface area contributed by atoms with Gasteiger partial charge in [0.2, 0.25) is 0 Å². The molecule has 0 aliphatic heterocycles. The fourth-order valence-corrected chi connectivity index (χ4v) is 0.163. The molecule has 0 heterocycles. The molecule has 0 aliphatic rings. The molecule has 0 saturated heterocycles. The van der Waals surface area contributed by atoms with Gasteiger partial charge < -0.3 is 19.7 Å². The summed E-state index contributed by atoms with van der Waals surface area (Å²) in [4.78, 5) is 28.8. The van der Waals surface area contributed by atoms with Crippen molar-refractivity contribution >= 4 is 77.6 Å². The van der Waals surface area contributed by atoms with Gasteiger partial charge in [0.15, 0.2) is 0 Å². The third-order valence-corrected chi connectivity index (χ3v) is 0.341. The van der Waals surface area contributed by atoms with Crippen LogP contribution in [0, 0.1) is 0 Å². The molecule has 2 radical (unpaired) electrons. The Balaban J connectivity index is -0.0000000675. The standard InChI is InChI=1S/C3H2O7.2Co.2Na.2H/c4-1(5)9-3(8)10-2(6)7;;;;;;/h(H,4,5)(H,6,7);;;;;;. The van der Waals surface area contributed by atoms with Crippen molar-refractivity contribution in [2.75, 3.05) is 0 Å². The monoisotopic (exact) mass is 316 g/mol. The Bertz CT molecular complexity index is 168. The number of carbonyl (C=O) groups excluding carboxylic acids is 1. The molecular formula is C3H4Co2Na2O7. The van der Waals surface area contributed by atoms with Gasteiger partial charge in [0.05, 0.1) is 0 Å². The first kappa shape index (κ1) is 29.5. The zero-order chi connectivity index (χ0) is 8.15. The Labute approximate surface area is 143 Å². The van der Waals surface area contributed by atoms with E-state index < -0.39 is 18.5 Å². The maximum atomic E-state index is 9.86. The zero-order valence-corrected chi connectivity index (χ0v) is 7.18. The predicted molar refractivity (Wildman–Crippen MR) is 37.9 cm³/mol. The summed E-state index contributed by atoms with van der Waals surface area (Å²) in [7, 11) is 0. The summed E-state index contributed by atoms with van der Waals surface area (Å²) < 4.78 is 6.47. The summed E-state index contributed by atoms with van der Waals surface area (Å²) in [6.45, 7) is 0. The van der Waals surface area contributed by atoms with E-state index in [1.54, 1.807) is 0 Å². The van der Waals surface area contributed by atoms with Crippen LogP contribution in [-0.2, 0) is 43.0 Å². The number of hydrogen-bond donors (Lipinski definition) is 2. The Hall–Kier alpha value is 1.22. The first-order valence-corrected chi connectivity index (χ1v) is 1.88. The van der Waals surface area contributed by atoms with Crippen LogP contribution >= 0.6 is 0 Å². The van der Waals surface area contributed by atoms with Gasteiger partial charge in [0, 0.05) is 33.6 Å². The molecule has 0 aromatic heterocycles. The van der Waals surface area contributed by atoms with Crippen molar-refractivity contribution in [1.82, 2.24) is 0 Å². The number of ether oxygens (including phenoxy) is 2. The van der Waals surface area contributed by atoms with Crippen LogP contribution in [0.3, 0.4) is 0 Å². The van der Waals surface area contributed by atoms with E-state index in [-0.39, 0.29) is 92.7 Å². The van der Waals surface area contributed by atoms with Crippen LogP contribution < -0.4 is 0 Å². The summed E-state index contributed by atoms with van der Waals surface area (Å²) in [5.41, 5.74) is 0. The van der Waals surface area contributed by atoms with Crippen LogP contribution in [0.4, 0.5) is 14.4 Å². The second-order valence-corrected chi connectivity index (χ2v) is 0.986. The summed E-state index contributed by atoms with van der Waals surface area (Å²) in [6.07, 6.45) is -5.64. The zero-order valence-electron chi connectivity index (χ0n) is 5.10. The third kappa shape index (κ3) is 23.2. The Kier molecular flexibility index (Phi) is 35.0. The molecule has 0 rings (SSSR count). The number of carbonyl (C=O) groups is 3. The van der Waals surface area contributed by atoms with Crippen LogP contribution in [0.5, 0.6) is 0 Å². The molecule has 78 valence electrons. The molecule has 0 atom stereocenters. The first-order valence-electron chi connectivity index (χ1n) is 1.88. The maximum absolute atomic E-state index is 9.86. The molecule has 0 aliphatic carbocycles. The van der Waals surface area contributed by atoms with Crippen molar-refractivity contribution in [2.45, 2.75) is 0 Å². The summed E-state index contributed by atoms with van der Waals surface area (Å²) in [5.74, 6) is 0. The molecular weight excluding hydrogens is 312 g/mol. The Morgan fingerprint density at radius 3 is 1.14 bits per heavy atom. The van der Waals surface area contributed by atoms with Gasteiger partial charge in [-0.1, -0.05) is 0 Å². The van der Waals surface area contributed by atoms with Crippen LogP contribution in [0.2, 0.25) is 0 Å². The fourth-order valence-electron chi connectivity index (χ4n) is 0.163. The quantitative estimate of drug-likeness (QED) is 0.342. The average molecular weight is 316 g/mol. The number of hydrogen-bond acceptors (Lipinski definition) is 5. The second kappa shape index (κ2) is 16.6. The molecule has 11 heteroatoms. The van der Waals surface area contributed by atoms with E-state index in [1.807, 2.05) is 0 Å². The normalized spacial score (nSPS) is 5.71. The van der Waals surface area contributed by atoms with E-state index in [9.17, 15) is 14.4 Å². The van der Waals surface area contributed by atoms with Crippen LogP contribution in [0.15, 0.2) is 0 Å². The van der Waals surface area contributed by atoms with Crippen LogP contribution in [0.1, 0.15) is 0 Å². The summed E-state index contributed by atoms with van der Waals surface area (Å²) >= 11 is 0. The molecule has 14 heavy (non-hydrogen) atoms. The SMILES string of the molecule is O=C(O)OC(=O)OC(=O)O.[Co].[Co].[NaH].[NaH]. The van der Waals surface area contributed by atoms with E-state index in [0.717, 1.165) is 0 Å². The minimum absolute atomic E-state index is 0. The summed E-state index contributed by atoms with van der Waals surface area (Å²) in [5, 5.41) is 15.4. The van der Waals surface area contributed by atoms with Crippen LogP contribution in [-0.4, -0.2) is 87.8 Å². The van der Waals surface area contributed by atoms with Crippen molar-refractivity contribution in [3.63, 3.8) is 0 Å². The third-order valence-electron chi connectivity index (χ3n) is 0.341. The van der Waals surface area contributed by atoms with Gasteiger partial charge >= 0.3 is 77.6 Å². The molecule has 0 aromatic rings. The van der Waals surface area contributed by atoms with Crippen molar-refractivity contribution in [2.24, 2.45) is 0 Å². The summed E-state index contributed by atoms with van der Waals surface area (Å²) in [6, 6.07) is 0. The fraction of sp³-hybridized carbons (Fsp3) is 0. The van der Waals surface area contributed by atoms with Crippen molar-refractivity contribution in [3.05, 3.63) is 0 Å². The van der Waals surface area contributed by atoms with Crippen molar-refractivity contribution < 1.29 is 67.6 Å². The van der Waals surface area contributed by atoms with Gasteiger partial charge in [-0.25, -0.2) is 14.4 Å². The predicted octanol–water partition coefficient (Wildman–Crippen LogP) is -0.806. The Morgan fingerprint density at radius 1 is 0.786 bits per heavy atom. The molecule has 0 saturated carbocycles. The van der Waals surface area contributed by atoms with Gasteiger partial charge in [-0.2, -0.15) is 0 Å². The van der Waals surface area contributed by atoms with Gasteiger partial charge in [-0.3, -0.25) is 0 Å². The second-order valence-electron chi connectivity index (χ2n) is 0.986. The van der Waals surface area contributed by atoms with Crippen LogP contribution in [0.25, 0.3) is 0 Å². The number of carboxylic acid groups (broad SMARTS) is 2.